The molecule has 0 aliphatic carbocycles. The molecule has 0 aliphatic heterocycles. The van der Waals surface area contributed by atoms with Gasteiger partial charge in [0.15, 0.2) is 0 Å². The number of hydrazine groups is 1. The Kier molecular flexibility index (Phi) is 4.21. The van der Waals surface area contributed by atoms with Gasteiger partial charge in [0.2, 0.25) is 0 Å². The first kappa shape index (κ1) is 12.5. The zero-order chi connectivity index (χ0) is 12.8. The van der Waals surface area contributed by atoms with Gasteiger partial charge < -0.3 is 10.7 Å². The summed E-state index contributed by atoms with van der Waals surface area (Å²) < 4.78 is 0. The van der Waals surface area contributed by atoms with E-state index >= 15 is 0 Å². The fourth-order valence-electron chi connectivity index (χ4n) is 1.47. The molecule has 6 nitrogen and oxygen atoms in total. The number of carbonyl (C=O) groups is 1. The quantitative estimate of drug-likeness (QED) is 0.548. The van der Waals surface area contributed by atoms with Crippen molar-refractivity contribution in [2.24, 2.45) is 5.84 Å². The molecular formula is C11H13N5OS. The van der Waals surface area contributed by atoms with Crippen LogP contribution in [0.15, 0.2) is 29.4 Å². The second kappa shape index (κ2) is 6.08. The molecule has 0 atom stereocenters. The molecule has 0 unspecified atom stereocenters. The molecule has 0 aliphatic rings. The van der Waals surface area contributed by atoms with Crippen LogP contribution in [0.2, 0.25) is 0 Å². The lowest BCUT2D eigenvalue weighted by atomic mass is 10.2. The van der Waals surface area contributed by atoms with Gasteiger partial charge in [-0.25, -0.2) is 4.98 Å². The predicted molar refractivity (Wildman–Crippen MR) is 70.2 cm³/mol. The second-order valence-corrected chi connectivity index (χ2v) is 4.27. The maximum absolute atomic E-state index is 11.9. The number of hydrogen-bond donors (Lipinski definition) is 3. The Hall–Kier alpha value is -1.99. The standard InChI is InChI=1S/C11H13N5OS/c12-16-10-5-13-3-2-9(10)11(17)14-4-1-8-6-18-7-15-8/h2-3,5-7,16H,1,4,12H2,(H,14,17). The Labute approximate surface area is 108 Å². The summed E-state index contributed by atoms with van der Waals surface area (Å²) in [4.78, 5) is 19.9. The van der Waals surface area contributed by atoms with E-state index in [1.165, 1.54) is 6.20 Å². The first-order valence-corrected chi connectivity index (χ1v) is 6.31. The Morgan fingerprint density at radius 2 is 2.39 bits per heavy atom. The molecule has 0 bridgehead atoms. The Morgan fingerprint density at radius 1 is 1.50 bits per heavy atom. The van der Waals surface area contributed by atoms with E-state index in [0.29, 0.717) is 24.2 Å². The summed E-state index contributed by atoms with van der Waals surface area (Å²) >= 11 is 1.54. The third kappa shape index (κ3) is 3.02. The summed E-state index contributed by atoms with van der Waals surface area (Å²) in [5, 5.41) is 4.78. The molecule has 94 valence electrons. The SMILES string of the molecule is NNc1cnccc1C(=O)NCCc1cscn1. The van der Waals surface area contributed by atoms with E-state index in [1.807, 2.05) is 5.38 Å². The molecule has 2 heterocycles. The first-order valence-electron chi connectivity index (χ1n) is 5.37. The van der Waals surface area contributed by atoms with Gasteiger partial charge in [0.1, 0.15) is 0 Å². The van der Waals surface area contributed by atoms with Crippen molar-refractivity contribution in [2.75, 3.05) is 12.0 Å². The molecule has 7 heteroatoms. The lowest BCUT2D eigenvalue weighted by molar-refractivity contribution is 0.0955. The van der Waals surface area contributed by atoms with E-state index in [1.54, 1.807) is 29.1 Å². The molecular weight excluding hydrogens is 250 g/mol. The molecule has 0 saturated carbocycles. The van der Waals surface area contributed by atoms with Gasteiger partial charge in [0.05, 0.1) is 28.7 Å². The number of carbonyl (C=O) groups excluding carboxylic acids is 1. The normalized spacial score (nSPS) is 10.1. The van der Waals surface area contributed by atoms with Gasteiger partial charge >= 0.3 is 0 Å². The van der Waals surface area contributed by atoms with Crippen LogP contribution in [-0.2, 0) is 6.42 Å². The van der Waals surface area contributed by atoms with Crippen LogP contribution in [-0.4, -0.2) is 22.4 Å². The fourth-order valence-corrected chi connectivity index (χ4v) is 2.06. The van der Waals surface area contributed by atoms with Crippen LogP contribution in [0.5, 0.6) is 0 Å². The summed E-state index contributed by atoms with van der Waals surface area (Å²) in [7, 11) is 0. The van der Waals surface area contributed by atoms with Crippen LogP contribution in [0.1, 0.15) is 16.1 Å². The average Bonchev–Trinajstić information content (AvgIpc) is 2.91. The van der Waals surface area contributed by atoms with Crippen molar-refractivity contribution in [3.8, 4) is 0 Å². The molecule has 0 saturated heterocycles. The smallest absolute Gasteiger partial charge is 0.253 e. The number of hydrogen-bond acceptors (Lipinski definition) is 6. The van der Waals surface area contributed by atoms with Crippen molar-refractivity contribution in [1.82, 2.24) is 15.3 Å². The van der Waals surface area contributed by atoms with Crippen LogP contribution < -0.4 is 16.6 Å². The van der Waals surface area contributed by atoms with Gasteiger partial charge in [0, 0.05) is 24.5 Å². The zero-order valence-electron chi connectivity index (χ0n) is 9.59. The van der Waals surface area contributed by atoms with Gasteiger partial charge in [-0.15, -0.1) is 11.3 Å². The van der Waals surface area contributed by atoms with Crippen molar-refractivity contribution >= 4 is 22.9 Å². The minimum absolute atomic E-state index is 0.180. The molecule has 2 aromatic rings. The number of pyridine rings is 1. The fraction of sp³-hybridized carbons (Fsp3) is 0.182. The van der Waals surface area contributed by atoms with Crippen molar-refractivity contribution in [3.63, 3.8) is 0 Å². The molecule has 4 N–H and O–H groups in total. The highest BCUT2D eigenvalue weighted by molar-refractivity contribution is 7.07. The summed E-state index contributed by atoms with van der Waals surface area (Å²) in [6.07, 6.45) is 3.78. The van der Waals surface area contributed by atoms with E-state index in [0.717, 1.165) is 5.69 Å². The number of nitrogens with zero attached hydrogens (tertiary/aromatic N) is 2. The number of nitrogen functional groups attached to an aromatic ring is 1. The van der Waals surface area contributed by atoms with E-state index < -0.39 is 0 Å². The van der Waals surface area contributed by atoms with Crippen LogP contribution in [0.4, 0.5) is 5.69 Å². The first-order chi connectivity index (χ1) is 8.81. The van der Waals surface area contributed by atoms with Gasteiger partial charge in [-0.1, -0.05) is 0 Å². The van der Waals surface area contributed by atoms with Crippen molar-refractivity contribution in [3.05, 3.63) is 40.6 Å². The summed E-state index contributed by atoms with van der Waals surface area (Å²) in [5.41, 5.74) is 6.18. The highest BCUT2D eigenvalue weighted by atomic mass is 32.1. The minimum atomic E-state index is -0.180. The van der Waals surface area contributed by atoms with Gasteiger partial charge in [0.25, 0.3) is 5.91 Å². The third-order valence-electron chi connectivity index (χ3n) is 2.37. The third-order valence-corrected chi connectivity index (χ3v) is 3.01. The number of thiazole rings is 1. The summed E-state index contributed by atoms with van der Waals surface area (Å²) in [6, 6.07) is 1.62. The van der Waals surface area contributed by atoms with E-state index in [-0.39, 0.29) is 5.91 Å². The number of nitrogens with two attached hydrogens (primary N) is 1. The van der Waals surface area contributed by atoms with Crippen LogP contribution in [0, 0.1) is 0 Å². The zero-order valence-corrected chi connectivity index (χ0v) is 10.4. The van der Waals surface area contributed by atoms with Crippen LogP contribution in [0.25, 0.3) is 0 Å². The second-order valence-electron chi connectivity index (χ2n) is 3.55. The predicted octanol–water partition coefficient (Wildman–Crippen LogP) is 0.796. The van der Waals surface area contributed by atoms with Gasteiger partial charge in [-0.2, -0.15) is 0 Å². The molecule has 18 heavy (non-hydrogen) atoms. The molecule has 0 radical (unpaired) electrons. The highest BCUT2D eigenvalue weighted by Gasteiger charge is 2.09. The lowest BCUT2D eigenvalue weighted by Crippen LogP contribution is -2.27. The Bertz CT molecular complexity index is 514. The maximum Gasteiger partial charge on any atom is 0.253 e. The van der Waals surface area contributed by atoms with Crippen molar-refractivity contribution in [1.29, 1.82) is 0 Å². The largest absolute Gasteiger partial charge is 0.352 e. The topological polar surface area (TPSA) is 92.9 Å². The van der Waals surface area contributed by atoms with Crippen LogP contribution >= 0.6 is 11.3 Å². The van der Waals surface area contributed by atoms with Gasteiger partial charge in [-0.3, -0.25) is 15.6 Å². The molecule has 1 amide bonds. The van der Waals surface area contributed by atoms with Crippen LogP contribution in [0.3, 0.4) is 0 Å². The summed E-state index contributed by atoms with van der Waals surface area (Å²) in [5.74, 6) is 5.14. The number of amides is 1. The molecule has 2 aromatic heterocycles. The van der Waals surface area contributed by atoms with Gasteiger partial charge in [-0.05, 0) is 6.07 Å². The Balaban J connectivity index is 1.91. The van der Waals surface area contributed by atoms with E-state index in [4.69, 9.17) is 5.84 Å². The number of nitrogens with one attached hydrogen (secondary N) is 2. The highest BCUT2D eigenvalue weighted by Crippen LogP contribution is 2.11. The Morgan fingerprint density at radius 3 is 3.11 bits per heavy atom. The molecule has 0 aromatic carbocycles. The van der Waals surface area contributed by atoms with Crippen molar-refractivity contribution < 1.29 is 4.79 Å². The van der Waals surface area contributed by atoms with Crippen molar-refractivity contribution in [2.45, 2.75) is 6.42 Å². The average molecular weight is 263 g/mol. The maximum atomic E-state index is 11.9. The molecule has 0 fully saturated rings. The van der Waals surface area contributed by atoms with E-state index in [2.05, 4.69) is 20.7 Å². The number of aromatic nitrogens is 2. The molecule has 2 rings (SSSR count). The summed E-state index contributed by atoms with van der Waals surface area (Å²) in [6.45, 7) is 0.537. The minimum Gasteiger partial charge on any atom is -0.352 e. The monoisotopic (exact) mass is 263 g/mol. The molecule has 0 spiro atoms. The lowest BCUT2D eigenvalue weighted by Gasteiger charge is -2.08. The number of anilines is 1. The number of rotatable bonds is 5. The van der Waals surface area contributed by atoms with E-state index in [9.17, 15) is 4.79 Å².